The van der Waals surface area contributed by atoms with Crippen LogP contribution < -0.4 is 10.6 Å². The Kier molecular flexibility index (Phi) is 13.7. The summed E-state index contributed by atoms with van der Waals surface area (Å²) in [6, 6.07) is 14.9. The second-order valence-corrected chi connectivity index (χ2v) is 13.4. The number of benzene rings is 2. The molecule has 0 fully saturated rings. The molecule has 0 spiro atoms. The summed E-state index contributed by atoms with van der Waals surface area (Å²) in [4.78, 5) is 55.3. The SMILES string of the molecule is C#CN(C(=O)C(CCSC)NC(=O)OC(C)(C)C)C(C(=O)NC(Cc1ccccc1)C(=O)OC(C)(C)C)c1cccc(C=C)c1. The van der Waals surface area contributed by atoms with E-state index in [4.69, 9.17) is 15.9 Å². The highest BCUT2D eigenvalue weighted by Crippen LogP contribution is 2.25. The Morgan fingerprint density at radius 1 is 0.956 bits per heavy atom. The second kappa shape index (κ2) is 16.7. The molecule has 9 nitrogen and oxygen atoms in total. The van der Waals surface area contributed by atoms with E-state index in [-0.39, 0.29) is 12.8 Å². The number of nitrogens with one attached hydrogen (secondary N) is 2. The lowest BCUT2D eigenvalue weighted by Gasteiger charge is -2.32. The Balaban J connectivity index is 2.56. The van der Waals surface area contributed by atoms with E-state index in [1.54, 1.807) is 71.9 Å². The Bertz CT molecular complexity index is 1370. The fourth-order valence-electron chi connectivity index (χ4n) is 4.32. The summed E-state index contributed by atoms with van der Waals surface area (Å²) in [5, 5.41) is 5.43. The lowest BCUT2D eigenvalue weighted by Crippen LogP contribution is -2.53. The molecule has 0 aliphatic carbocycles. The Morgan fingerprint density at radius 3 is 2.16 bits per heavy atom. The largest absolute Gasteiger partial charge is 0.458 e. The zero-order chi connectivity index (χ0) is 33.8. The molecular formula is C35H45N3O6S. The number of ether oxygens (including phenoxy) is 2. The summed E-state index contributed by atoms with van der Waals surface area (Å²) in [5.74, 6) is -1.50. The molecule has 45 heavy (non-hydrogen) atoms. The van der Waals surface area contributed by atoms with E-state index < -0.39 is 53.2 Å². The lowest BCUT2D eigenvalue weighted by atomic mass is 9.99. The van der Waals surface area contributed by atoms with Crippen LogP contribution >= 0.6 is 11.8 Å². The summed E-state index contributed by atoms with van der Waals surface area (Å²) < 4.78 is 11.0. The summed E-state index contributed by atoms with van der Waals surface area (Å²) in [6.07, 6.45) is 8.98. The molecular weight excluding hydrogens is 590 g/mol. The fourth-order valence-corrected chi connectivity index (χ4v) is 4.79. The van der Waals surface area contributed by atoms with Gasteiger partial charge in [0.25, 0.3) is 5.91 Å². The van der Waals surface area contributed by atoms with Gasteiger partial charge in [0, 0.05) is 12.5 Å². The molecule has 0 bridgehead atoms. The van der Waals surface area contributed by atoms with Crippen molar-refractivity contribution in [2.24, 2.45) is 0 Å². The van der Waals surface area contributed by atoms with Crippen LogP contribution in [-0.2, 0) is 30.3 Å². The van der Waals surface area contributed by atoms with Gasteiger partial charge in [-0.1, -0.05) is 67.6 Å². The van der Waals surface area contributed by atoms with Crippen molar-refractivity contribution in [2.75, 3.05) is 12.0 Å². The number of hydrogen-bond donors (Lipinski definition) is 2. The minimum absolute atomic E-state index is 0.140. The van der Waals surface area contributed by atoms with E-state index in [0.717, 1.165) is 10.5 Å². The van der Waals surface area contributed by atoms with Crippen molar-refractivity contribution in [1.29, 1.82) is 0 Å². The van der Waals surface area contributed by atoms with Gasteiger partial charge in [-0.05, 0) is 82.7 Å². The quantitative estimate of drug-likeness (QED) is 0.170. The molecule has 2 aromatic carbocycles. The summed E-state index contributed by atoms with van der Waals surface area (Å²) >= 11 is 1.48. The van der Waals surface area contributed by atoms with Gasteiger partial charge < -0.3 is 20.1 Å². The molecule has 2 aromatic rings. The number of alkyl carbamates (subject to hydrolysis) is 1. The number of rotatable bonds is 13. The van der Waals surface area contributed by atoms with Crippen molar-refractivity contribution in [3.8, 4) is 12.5 Å². The summed E-state index contributed by atoms with van der Waals surface area (Å²) in [7, 11) is 0. The molecule has 3 unspecified atom stereocenters. The van der Waals surface area contributed by atoms with E-state index in [2.05, 4.69) is 23.3 Å². The first-order valence-electron chi connectivity index (χ1n) is 14.7. The maximum absolute atomic E-state index is 14.2. The van der Waals surface area contributed by atoms with Crippen LogP contribution in [0.1, 0.15) is 70.7 Å². The number of amides is 3. The monoisotopic (exact) mass is 635 g/mol. The predicted octanol–water partition coefficient (Wildman–Crippen LogP) is 5.51. The van der Waals surface area contributed by atoms with Gasteiger partial charge in [-0.25, -0.2) is 9.59 Å². The zero-order valence-corrected chi connectivity index (χ0v) is 28.0. The molecule has 10 heteroatoms. The number of esters is 1. The minimum atomic E-state index is -1.36. The minimum Gasteiger partial charge on any atom is -0.458 e. The number of carbonyl (C=O) groups is 4. The van der Waals surface area contributed by atoms with Crippen molar-refractivity contribution in [3.63, 3.8) is 0 Å². The van der Waals surface area contributed by atoms with E-state index >= 15 is 0 Å². The topological polar surface area (TPSA) is 114 Å². The second-order valence-electron chi connectivity index (χ2n) is 12.4. The number of carbonyl (C=O) groups excluding carboxylic acids is 4. The van der Waals surface area contributed by atoms with E-state index in [0.29, 0.717) is 16.9 Å². The summed E-state index contributed by atoms with van der Waals surface area (Å²) in [6.45, 7) is 14.2. The van der Waals surface area contributed by atoms with Crippen LogP contribution in [0, 0.1) is 12.5 Å². The van der Waals surface area contributed by atoms with Crippen LogP contribution in [-0.4, -0.2) is 64.1 Å². The third-order valence-corrected chi connectivity index (χ3v) is 6.88. The molecule has 0 radical (unpaired) electrons. The molecule has 0 saturated heterocycles. The Labute approximate surface area is 271 Å². The van der Waals surface area contributed by atoms with Gasteiger partial charge in [0.15, 0.2) is 0 Å². The van der Waals surface area contributed by atoms with Gasteiger partial charge in [-0.3, -0.25) is 14.5 Å². The lowest BCUT2D eigenvalue weighted by molar-refractivity contribution is -0.159. The van der Waals surface area contributed by atoms with Crippen LogP contribution in [0.2, 0.25) is 0 Å². The van der Waals surface area contributed by atoms with Gasteiger partial charge >= 0.3 is 12.1 Å². The summed E-state index contributed by atoms with van der Waals surface area (Å²) in [5.41, 5.74) is 0.259. The van der Waals surface area contributed by atoms with Gasteiger partial charge in [-0.15, -0.1) is 0 Å². The maximum Gasteiger partial charge on any atom is 0.408 e. The first-order chi connectivity index (χ1) is 21.1. The highest BCUT2D eigenvalue weighted by atomic mass is 32.2. The van der Waals surface area contributed by atoms with E-state index in [1.807, 2.05) is 36.6 Å². The average molecular weight is 636 g/mol. The number of terminal acetylenes is 1. The Hall–Kier alpha value is -4.23. The number of thioether (sulfide) groups is 1. The van der Waals surface area contributed by atoms with Crippen LogP contribution in [0.15, 0.2) is 61.2 Å². The van der Waals surface area contributed by atoms with Crippen LogP contribution in [0.5, 0.6) is 0 Å². The van der Waals surface area contributed by atoms with Crippen molar-refractivity contribution >= 4 is 41.7 Å². The molecule has 0 aliphatic heterocycles. The molecule has 0 saturated carbocycles. The average Bonchev–Trinajstić information content (AvgIpc) is 2.95. The molecule has 242 valence electrons. The first kappa shape index (κ1) is 37.0. The van der Waals surface area contributed by atoms with Crippen LogP contribution in [0.4, 0.5) is 4.79 Å². The standard InChI is InChI=1S/C35H45N3O6S/c1-10-24-18-15-19-26(22-24)29(38(11-2)31(40)27(20-21-45-9)37-33(42)44-35(6,7)8)30(39)36-28(32(41)43-34(3,4)5)23-25-16-13-12-14-17-25/h2,10,12-19,22,27-29H,1,20-21,23H2,3-9H3,(H,36,39)(H,37,42). The molecule has 0 heterocycles. The van der Waals surface area contributed by atoms with Crippen LogP contribution in [0.25, 0.3) is 6.08 Å². The van der Waals surface area contributed by atoms with Gasteiger partial charge in [-0.2, -0.15) is 11.8 Å². The van der Waals surface area contributed by atoms with Crippen molar-refractivity contribution in [2.45, 2.75) is 83.7 Å². The molecule has 2 rings (SSSR count). The predicted molar refractivity (Wildman–Crippen MR) is 179 cm³/mol. The molecule has 0 aliphatic rings. The van der Waals surface area contributed by atoms with E-state index in [9.17, 15) is 19.2 Å². The normalized spacial score (nSPS) is 13.3. The smallest absolute Gasteiger partial charge is 0.408 e. The highest BCUT2D eigenvalue weighted by molar-refractivity contribution is 7.98. The first-order valence-corrected chi connectivity index (χ1v) is 16.0. The third-order valence-electron chi connectivity index (χ3n) is 6.24. The van der Waals surface area contributed by atoms with Crippen molar-refractivity contribution in [1.82, 2.24) is 15.5 Å². The van der Waals surface area contributed by atoms with E-state index in [1.165, 1.54) is 11.8 Å². The molecule has 0 aromatic heterocycles. The fraction of sp³-hybridized carbons (Fsp3) is 0.429. The zero-order valence-electron chi connectivity index (χ0n) is 27.2. The number of hydrogen-bond acceptors (Lipinski definition) is 7. The highest BCUT2D eigenvalue weighted by Gasteiger charge is 2.38. The van der Waals surface area contributed by atoms with Crippen LogP contribution in [0.3, 0.4) is 0 Å². The number of nitrogens with zero attached hydrogens (tertiary/aromatic N) is 1. The Morgan fingerprint density at radius 2 is 1.60 bits per heavy atom. The van der Waals surface area contributed by atoms with Crippen molar-refractivity contribution < 1.29 is 28.7 Å². The van der Waals surface area contributed by atoms with Gasteiger partial charge in [0.1, 0.15) is 29.3 Å². The molecule has 2 N–H and O–H groups in total. The van der Waals surface area contributed by atoms with Crippen molar-refractivity contribution in [3.05, 3.63) is 77.9 Å². The molecule has 3 amide bonds. The van der Waals surface area contributed by atoms with Gasteiger partial charge in [0.05, 0.1) is 0 Å². The van der Waals surface area contributed by atoms with Gasteiger partial charge in [0.2, 0.25) is 5.91 Å². The molecule has 3 atom stereocenters. The third kappa shape index (κ3) is 12.4. The maximum atomic E-state index is 14.2.